The number of rotatable bonds is 2. The van der Waals surface area contributed by atoms with Crippen LogP contribution in [0.25, 0.3) is 5.57 Å². The van der Waals surface area contributed by atoms with Crippen LogP contribution in [0.4, 0.5) is 0 Å². The average Bonchev–Trinajstić information content (AvgIpc) is 2.51. The third-order valence-corrected chi connectivity index (χ3v) is 1.51. The maximum absolute atomic E-state index is 4.73. The zero-order valence-corrected chi connectivity index (χ0v) is 7.66. The third-order valence-electron chi connectivity index (χ3n) is 1.51. The van der Waals surface area contributed by atoms with Crippen LogP contribution in [0.15, 0.2) is 34.6 Å². The lowest BCUT2D eigenvalue weighted by atomic mass is 10.2. The molecular weight excluding hydrogens is 150 g/mol. The van der Waals surface area contributed by atoms with E-state index < -0.39 is 0 Å². The van der Waals surface area contributed by atoms with E-state index in [0.29, 0.717) is 0 Å². The second kappa shape index (κ2) is 3.90. The normalized spacial score (nSPS) is 11.4. The highest BCUT2D eigenvalue weighted by Crippen LogP contribution is 2.10. The number of hydrogen-bond donors (Lipinski definition) is 0. The van der Waals surface area contributed by atoms with Gasteiger partial charge in [-0.05, 0) is 26.3 Å². The molecule has 1 aromatic rings. The smallest absolute Gasteiger partial charge is 0.124 e. The highest BCUT2D eigenvalue weighted by Gasteiger charge is 1.95. The molecule has 0 radical (unpaired) electrons. The largest absolute Gasteiger partial charge is 0.364 e. The monoisotopic (exact) mass is 163 g/mol. The Kier molecular flexibility index (Phi) is 2.86. The second-order valence-corrected chi connectivity index (χ2v) is 2.98. The highest BCUT2D eigenvalue weighted by molar-refractivity contribution is 5.61. The van der Waals surface area contributed by atoms with Crippen molar-refractivity contribution >= 4 is 5.57 Å². The number of hydrogen-bond acceptors (Lipinski definition) is 2. The number of nitrogens with zero attached hydrogens (tertiary/aromatic N) is 1. The number of allylic oxidation sites excluding steroid dienone is 4. The molecule has 64 valence electrons. The van der Waals surface area contributed by atoms with Crippen LogP contribution in [0.2, 0.25) is 0 Å². The molecule has 0 spiro atoms. The zero-order valence-electron chi connectivity index (χ0n) is 7.66. The summed E-state index contributed by atoms with van der Waals surface area (Å²) in [6, 6.07) is 1.85. The van der Waals surface area contributed by atoms with Gasteiger partial charge in [-0.1, -0.05) is 22.9 Å². The van der Waals surface area contributed by atoms with Crippen molar-refractivity contribution < 1.29 is 4.52 Å². The molecule has 0 fully saturated rings. The van der Waals surface area contributed by atoms with Gasteiger partial charge in [-0.25, -0.2) is 0 Å². The van der Waals surface area contributed by atoms with Crippen molar-refractivity contribution in [3.8, 4) is 0 Å². The topological polar surface area (TPSA) is 26.0 Å². The summed E-state index contributed by atoms with van der Waals surface area (Å²) in [5.74, 6) is 0. The minimum atomic E-state index is 0.896. The van der Waals surface area contributed by atoms with Crippen molar-refractivity contribution in [2.45, 2.75) is 20.8 Å². The summed E-state index contributed by atoms with van der Waals surface area (Å²) in [6.07, 6.45) is 5.67. The van der Waals surface area contributed by atoms with Gasteiger partial charge in [-0.15, -0.1) is 0 Å². The fourth-order valence-electron chi connectivity index (χ4n) is 0.793. The Balaban J connectivity index is 2.78. The van der Waals surface area contributed by atoms with Crippen molar-refractivity contribution in [3.05, 3.63) is 35.7 Å². The molecule has 0 unspecified atom stereocenters. The van der Waals surface area contributed by atoms with Crippen molar-refractivity contribution in [2.24, 2.45) is 0 Å². The Bertz CT molecular complexity index is 290. The van der Waals surface area contributed by atoms with Crippen LogP contribution in [-0.4, -0.2) is 5.16 Å². The van der Waals surface area contributed by atoms with E-state index in [0.717, 1.165) is 11.3 Å². The van der Waals surface area contributed by atoms with Gasteiger partial charge >= 0.3 is 0 Å². The predicted molar refractivity (Wildman–Crippen MR) is 49.6 cm³/mol. The van der Waals surface area contributed by atoms with E-state index >= 15 is 0 Å². The zero-order chi connectivity index (χ0) is 8.97. The predicted octanol–water partition coefficient (Wildman–Crippen LogP) is 3.04. The van der Waals surface area contributed by atoms with E-state index in [1.807, 2.05) is 19.1 Å². The molecule has 2 heteroatoms. The second-order valence-electron chi connectivity index (χ2n) is 2.98. The minimum absolute atomic E-state index is 0.896. The van der Waals surface area contributed by atoms with Crippen molar-refractivity contribution in [3.63, 3.8) is 0 Å². The Morgan fingerprint density at radius 2 is 2.08 bits per heavy atom. The molecule has 2 nitrogen and oxygen atoms in total. The Labute approximate surface area is 72.6 Å². The van der Waals surface area contributed by atoms with E-state index in [4.69, 9.17) is 4.52 Å². The van der Waals surface area contributed by atoms with Gasteiger partial charge in [-0.2, -0.15) is 0 Å². The molecular formula is C10H13NO. The molecule has 1 heterocycles. The first-order valence-corrected chi connectivity index (χ1v) is 3.92. The lowest BCUT2D eigenvalue weighted by molar-refractivity contribution is 0.417. The van der Waals surface area contributed by atoms with Crippen molar-refractivity contribution in [1.82, 2.24) is 5.16 Å². The summed E-state index contributed by atoms with van der Waals surface area (Å²) >= 11 is 0. The van der Waals surface area contributed by atoms with Gasteiger partial charge in [0.05, 0.1) is 0 Å². The van der Waals surface area contributed by atoms with E-state index in [1.54, 1.807) is 6.26 Å². The number of aromatic nitrogens is 1. The quantitative estimate of drug-likeness (QED) is 0.626. The van der Waals surface area contributed by atoms with Crippen LogP contribution in [0.3, 0.4) is 0 Å². The van der Waals surface area contributed by atoms with E-state index in [2.05, 4.69) is 25.1 Å². The molecule has 0 N–H and O–H groups in total. The first kappa shape index (κ1) is 8.78. The first-order valence-electron chi connectivity index (χ1n) is 3.92. The third kappa shape index (κ3) is 2.38. The summed E-state index contributed by atoms with van der Waals surface area (Å²) < 4.78 is 4.73. The maximum atomic E-state index is 4.73. The van der Waals surface area contributed by atoms with Crippen LogP contribution < -0.4 is 0 Å². The Morgan fingerprint density at radius 3 is 2.58 bits per heavy atom. The summed E-state index contributed by atoms with van der Waals surface area (Å²) in [5.41, 5.74) is 3.29. The average molecular weight is 163 g/mol. The van der Waals surface area contributed by atoms with Gasteiger partial charge in [0.15, 0.2) is 0 Å². The maximum Gasteiger partial charge on any atom is 0.124 e. The van der Waals surface area contributed by atoms with Gasteiger partial charge in [0.25, 0.3) is 0 Å². The summed E-state index contributed by atoms with van der Waals surface area (Å²) in [5, 5.41) is 3.82. The highest BCUT2D eigenvalue weighted by atomic mass is 16.5. The van der Waals surface area contributed by atoms with Crippen LogP contribution in [0, 0.1) is 0 Å². The Hall–Kier alpha value is -1.31. The molecule has 0 aromatic carbocycles. The molecule has 0 saturated heterocycles. The van der Waals surface area contributed by atoms with E-state index in [-0.39, 0.29) is 0 Å². The minimum Gasteiger partial charge on any atom is -0.364 e. The van der Waals surface area contributed by atoms with E-state index in [9.17, 15) is 0 Å². The SMILES string of the molecule is CC(C)=C/C=C(\C)c1ccon1. The van der Waals surface area contributed by atoms with Gasteiger partial charge in [0, 0.05) is 6.07 Å². The standard InChI is InChI=1S/C10H13NO/c1-8(2)4-5-9(3)10-6-7-12-11-10/h4-7H,1-3H3/b9-5+. The van der Waals surface area contributed by atoms with Gasteiger partial charge in [0.1, 0.15) is 12.0 Å². The molecule has 1 rings (SSSR count). The molecule has 0 aliphatic rings. The molecule has 0 aliphatic heterocycles. The van der Waals surface area contributed by atoms with Crippen molar-refractivity contribution in [1.29, 1.82) is 0 Å². The molecule has 0 bridgehead atoms. The summed E-state index contributed by atoms with van der Waals surface area (Å²) in [4.78, 5) is 0. The molecule has 1 aromatic heterocycles. The Morgan fingerprint density at radius 1 is 1.33 bits per heavy atom. The lowest BCUT2D eigenvalue weighted by Gasteiger charge is -1.90. The van der Waals surface area contributed by atoms with E-state index in [1.165, 1.54) is 5.57 Å². The molecule has 0 atom stereocenters. The van der Waals surface area contributed by atoms with Crippen LogP contribution >= 0.6 is 0 Å². The van der Waals surface area contributed by atoms with Gasteiger partial charge in [-0.3, -0.25) is 0 Å². The molecule has 0 saturated carbocycles. The first-order chi connectivity index (χ1) is 5.70. The fraction of sp³-hybridized carbons (Fsp3) is 0.300. The summed E-state index contributed by atoms with van der Waals surface area (Å²) in [7, 11) is 0. The molecule has 12 heavy (non-hydrogen) atoms. The lowest BCUT2D eigenvalue weighted by Crippen LogP contribution is -1.76. The van der Waals surface area contributed by atoms with Crippen LogP contribution in [0.5, 0.6) is 0 Å². The molecule has 0 amide bonds. The van der Waals surface area contributed by atoms with Gasteiger partial charge < -0.3 is 4.52 Å². The fourth-order valence-corrected chi connectivity index (χ4v) is 0.793. The van der Waals surface area contributed by atoms with Crippen LogP contribution in [-0.2, 0) is 0 Å². The van der Waals surface area contributed by atoms with Crippen molar-refractivity contribution in [2.75, 3.05) is 0 Å². The molecule has 0 aliphatic carbocycles. The summed E-state index contributed by atoms with van der Waals surface area (Å²) in [6.45, 7) is 6.14. The van der Waals surface area contributed by atoms with Crippen LogP contribution in [0.1, 0.15) is 26.5 Å². The van der Waals surface area contributed by atoms with Gasteiger partial charge in [0.2, 0.25) is 0 Å².